The lowest BCUT2D eigenvalue weighted by molar-refractivity contribution is -0.151. The van der Waals surface area contributed by atoms with Gasteiger partial charge in [0.15, 0.2) is 0 Å². The molecule has 0 aromatic rings. The molecule has 2 fully saturated rings. The number of amides is 2. The molecular formula is C11H18N2O2. The lowest BCUT2D eigenvalue weighted by Gasteiger charge is -2.33. The molecule has 4 nitrogen and oxygen atoms in total. The molecule has 2 rings (SSSR count). The number of piperidine rings is 1. The highest BCUT2D eigenvalue weighted by atomic mass is 16.2. The number of rotatable bonds is 2. The van der Waals surface area contributed by atoms with Crippen molar-refractivity contribution in [1.29, 1.82) is 0 Å². The first-order valence-corrected chi connectivity index (χ1v) is 5.79. The van der Waals surface area contributed by atoms with Crippen molar-refractivity contribution in [1.82, 2.24) is 4.90 Å². The molecule has 0 aromatic carbocycles. The van der Waals surface area contributed by atoms with Crippen LogP contribution in [0.3, 0.4) is 0 Å². The van der Waals surface area contributed by atoms with Crippen LogP contribution < -0.4 is 5.73 Å². The molecule has 1 aliphatic carbocycles. The van der Waals surface area contributed by atoms with Gasteiger partial charge in [0, 0.05) is 18.9 Å². The summed E-state index contributed by atoms with van der Waals surface area (Å²) in [6.07, 6.45) is 4.86. The Morgan fingerprint density at radius 2 is 1.80 bits per heavy atom. The SMILES string of the molecule is NCC1CCCC1N1C(=O)CCCC1=O. The van der Waals surface area contributed by atoms with Crippen molar-refractivity contribution in [3.63, 3.8) is 0 Å². The van der Waals surface area contributed by atoms with Gasteiger partial charge in [-0.2, -0.15) is 0 Å². The Bertz CT molecular complexity index is 262. The van der Waals surface area contributed by atoms with Gasteiger partial charge in [-0.3, -0.25) is 14.5 Å². The van der Waals surface area contributed by atoms with Crippen molar-refractivity contribution >= 4 is 11.8 Å². The lowest BCUT2D eigenvalue weighted by atomic mass is 9.99. The molecule has 2 unspecified atom stereocenters. The lowest BCUT2D eigenvalue weighted by Crippen LogP contribution is -2.49. The zero-order valence-corrected chi connectivity index (χ0v) is 8.95. The number of likely N-dealkylation sites (tertiary alicyclic amines) is 1. The molecule has 1 aliphatic heterocycles. The molecule has 1 heterocycles. The number of carbonyl (C=O) groups is 2. The summed E-state index contributed by atoms with van der Waals surface area (Å²) >= 11 is 0. The van der Waals surface area contributed by atoms with E-state index >= 15 is 0 Å². The van der Waals surface area contributed by atoms with E-state index in [1.54, 1.807) is 0 Å². The van der Waals surface area contributed by atoms with Crippen molar-refractivity contribution in [2.24, 2.45) is 11.7 Å². The van der Waals surface area contributed by atoms with Crippen LogP contribution in [0.5, 0.6) is 0 Å². The topological polar surface area (TPSA) is 63.4 Å². The van der Waals surface area contributed by atoms with Crippen LogP contribution in [0.4, 0.5) is 0 Å². The quantitative estimate of drug-likeness (QED) is 0.681. The predicted molar refractivity (Wildman–Crippen MR) is 55.9 cm³/mol. The number of carbonyl (C=O) groups excluding carboxylic acids is 2. The monoisotopic (exact) mass is 210 g/mol. The van der Waals surface area contributed by atoms with E-state index in [2.05, 4.69) is 0 Å². The van der Waals surface area contributed by atoms with Crippen LogP contribution >= 0.6 is 0 Å². The summed E-state index contributed by atoms with van der Waals surface area (Å²) in [7, 11) is 0. The Kier molecular flexibility index (Phi) is 3.05. The zero-order valence-electron chi connectivity index (χ0n) is 8.95. The number of nitrogens with two attached hydrogens (primary N) is 1. The largest absolute Gasteiger partial charge is 0.330 e. The van der Waals surface area contributed by atoms with Gasteiger partial charge < -0.3 is 5.73 Å². The van der Waals surface area contributed by atoms with E-state index in [1.165, 1.54) is 4.90 Å². The molecule has 2 amide bonds. The van der Waals surface area contributed by atoms with Crippen LogP contribution in [0.15, 0.2) is 0 Å². The third-order valence-electron chi connectivity index (χ3n) is 3.57. The van der Waals surface area contributed by atoms with Gasteiger partial charge in [-0.1, -0.05) is 6.42 Å². The molecule has 2 N–H and O–H groups in total. The zero-order chi connectivity index (χ0) is 10.8. The number of hydrogen-bond acceptors (Lipinski definition) is 3. The number of hydrogen-bond donors (Lipinski definition) is 1. The maximum absolute atomic E-state index is 11.7. The maximum atomic E-state index is 11.7. The second-order valence-electron chi connectivity index (χ2n) is 4.51. The Morgan fingerprint density at radius 3 is 2.40 bits per heavy atom. The molecule has 0 bridgehead atoms. The van der Waals surface area contributed by atoms with Crippen molar-refractivity contribution in [3.05, 3.63) is 0 Å². The minimum absolute atomic E-state index is 0.0107. The minimum Gasteiger partial charge on any atom is -0.330 e. The van der Waals surface area contributed by atoms with E-state index in [0.29, 0.717) is 31.7 Å². The predicted octanol–water partition coefficient (Wildman–Crippen LogP) is 0.653. The molecule has 1 saturated heterocycles. The first kappa shape index (κ1) is 10.6. The van der Waals surface area contributed by atoms with Gasteiger partial charge in [0.25, 0.3) is 0 Å². The van der Waals surface area contributed by atoms with Gasteiger partial charge >= 0.3 is 0 Å². The Labute approximate surface area is 89.8 Å². The summed E-state index contributed by atoms with van der Waals surface area (Å²) in [6.45, 7) is 0.585. The Hall–Kier alpha value is -0.900. The third kappa shape index (κ3) is 1.91. The Morgan fingerprint density at radius 1 is 1.13 bits per heavy atom. The molecule has 15 heavy (non-hydrogen) atoms. The summed E-state index contributed by atoms with van der Waals surface area (Å²) in [4.78, 5) is 24.9. The molecule has 0 radical (unpaired) electrons. The fourth-order valence-corrected chi connectivity index (χ4v) is 2.77. The van der Waals surface area contributed by atoms with Gasteiger partial charge in [-0.05, 0) is 31.7 Å². The average molecular weight is 210 g/mol. The van der Waals surface area contributed by atoms with Crippen LogP contribution in [0.25, 0.3) is 0 Å². The molecule has 0 aromatic heterocycles. The van der Waals surface area contributed by atoms with E-state index < -0.39 is 0 Å². The van der Waals surface area contributed by atoms with Gasteiger partial charge in [-0.15, -0.1) is 0 Å². The van der Waals surface area contributed by atoms with E-state index in [4.69, 9.17) is 5.73 Å². The first-order chi connectivity index (χ1) is 7.24. The van der Waals surface area contributed by atoms with Crippen molar-refractivity contribution < 1.29 is 9.59 Å². The smallest absolute Gasteiger partial charge is 0.229 e. The van der Waals surface area contributed by atoms with E-state index in [9.17, 15) is 9.59 Å². The normalized spacial score (nSPS) is 32.5. The summed E-state index contributed by atoms with van der Waals surface area (Å²) in [5.74, 6) is 0.351. The molecular weight excluding hydrogens is 192 g/mol. The fraction of sp³-hybridized carbons (Fsp3) is 0.818. The summed E-state index contributed by atoms with van der Waals surface area (Å²) < 4.78 is 0. The second kappa shape index (κ2) is 4.31. The molecule has 2 atom stereocenters. The Balaban J connectivity index is 2.13. The molecule has 0 spiro atoms. The standard InChI is InChI=1S/C11H18N2O2/c12-7-8-3-1-4-9(8)13-10(14)5-2-6-11(13)15/h8-9H,1-7,12H2. The minimum atomic E-state index is 0.0107. The highest BCUT2D eigenvalue weighted by molar-refractivity contribution is 5.97. The van der Waals surface area contributed by atoms with Crippen LogP contribution in [0.2, 0.25) is 0 Å². The van der Waals surface area contributed by atoms with Crippen LogP contribution in [0, 0.1) is 5.92 Å². The molecule has 4 heteroatoms. The van der Waals surface area contributed by atoms with Crippen molar-refractivity contribution in [2.75, 3.05) is 6.54 Å². The average Bonchev–Trinajstić information content (AvgIpc) is 2.65. The van der Waals surface area contributed by atoms with Gasteiger partial charge in [0.05, 0.1) is 0 Å². The van der Waals surface area contributed by atoms with Crippen LogP contribution in [0.1, 0.15) is 38.5 Å². The van der Waals surface area contributed by atoms with Gasteiger partial charge in [0.2, 0.25) is 11.8 Å². The number of nitrogens with zero attached hydrogens (tertiary/aromatic N) is 1. The summed E-state index contributed by atoms with van der Waals surface area (Å²) in [6, 6.07) is 0.0929. The van der Waals surface area contributed by atoms with Crippen LogP contribution in [-0.4, -0.2) is 29.3 Å². The number of imide groups is 1. The van der Waals surface area contributed by atoms with E-state index in [-0.39, 0.29) is 17.9 Å². The van der Waals surface area contributed by atoms with Crippen molar-refractivity contribution in [2.45, 2.75) is 44.6 Å². The molecule has 1 saturated carbocycles. The summed E-state index contributed by atoms with van der Waals surface area (Å²) in [5.41, 5.74) is 5.67. The van der Waals surface area contributed by atoms with Crippen LogP contribution in [-0.2, 0) is 9.59 Å². The fourth-order valence-electron chi connectivity index (χ4n) is 2.77. The van der Waals surface area contributed by atoms with Gasteiger partial charge in [0.1, 0.15) is 0 Å². The third-order valence-corrected chi connectivity index (χ3v) is 3.57. The van der Waals surface area contributed by atoms with Gasteiger partial charge in [-0.25, -0.2) is 0 Å². The van der Waals surface area contributed by atoms with E-state index in [0.717, 1.165) is 19.3 Å². The second-order valence-corrected chi connectivity index (χ2v) is 4.51. The molecule has 84 valence electrons. The first-order valence-electron chi connectivity index (χ1n) is 5.79. The molecule has 2 aliphatic rings. The highest BCUT2D eigenvalue weighted by Gasteiger charge is 2.38. The summed E-state index contributed by atoms with van der Waals surface area (Å²) in [5, 5.41) is 0. The van der Waals surface area contributed by atoms with E-state index in [1.807, 2.05) is 0 Å². The maximum Gasteiger partial charge on any atom is 0.229 e. The van der Waals surface area contributed by atoms with Crippen molar-refractivity contribution in [3.8, 4) is 0 Å². The highest BCUT2D eigenvalue weighted by Crippen LogP contribution is 2.31.